The van der Waals surface area contributed by atoms with E-state index in [1.807, 2.05) is 0 Å². The van der Waals surface area contributed by atoms with Crippen molar-refractivity contribution >= 4 is 40.9 Å². The number of carboxylic acids is 1. The maximum Gasteiger partial charge on any atom is 0.341 e. The first-order valence-electron chi connectivity index (χ1n) is 9.61. The molecule has 2 saturated heterocycles. The number of benzene rings is 1. The van der Waals surface area contributed by atoms with Gasteiger partial charge >= 0.3 is 5.97 Å². The molecule has 2 fully saturated rings. The number of carbonyl (C=O) groups is 4. The maximum atomic E-state index is 12.7. The summed E-state index contributed by atoms with van der Waals surface area (Å²) in [6.07, 6.45) is 1.52. The summed E-state index contributed by atoms with van der Waals surface area (Å²) in [4.78, 5) is 50.8. The first-order valence-corrected chi connectivity index (χ1v) is 10.4. The lowest BCUT2D eigenvalue weighted by Gasteiger charge is -2.28. The number of morpholine rings is 1. The molecule has 0 saturated carbocycles. The fraction of sp³-hybridized carbons (Fsp3) is 0.400. The van der Waals surface area contributed by atoms with Crippen LogP contribution in [0.25, 0.3) is 6.08 Å². The summed E-state index contributed by atoms with van der Waals surface area (Å²) in [5.74, 6) is -1.39. The molecule has 3 rings (SSSR count). The third kappa shape index (κ3) is 5.76. The number of carbonyl (C=O) groups excluding carboxylic acids is 3. The van der Waals surface area contributed by atoms with Crippen molar-refractivity contribution in [1.82, 2.24) is 9.80 Å². The van der Waals surface area contributed by atoms with E-state index in [4.69, 9.17) is 19.3 Å². The number of hydrogen-bond acceptors (Lipinski definition) is 8. The van der Waals surface area contributed by atoms with Gasteiger partial charge in [0.25, 0.3) is 11.1 Å². The lowest BCUT2D eigenvalue weighted by molar-refractivity contribution is -0.139. The maximum absolute atomic E-state index is 12.7. The molecule has 0 atom stereocenters. The largest absolute Gasteiger partial charge is 0.490 e. The molecule has 0 aliphatic carbocycles. The Bertz CT molecular complexity index is 910. The smallest absolute Gasteiger partial charge is 0.341 e. The van der Waals surface area contributed by atoms with Gasteiger partial charge < -0.3 is 24.2 Å². The molecular formula is C20H22N2O8S. The van der Waals surface area contributed by atoms with E-state index in [2.05, 4.69) is 0 Å². The van der Waals surface area contributed by atoms with Gasteiger partial charge in [0.15, 0.2) is 18.1 Å². The van der Waals surface area contributed by atoms with Gasteiger partial charge in [-0.15, -0.1) is 0 Å². The van der Waals surface area contributed by atoms with Crippen molar-refractivity contribution in [2.75, 3.05) is 46.1 Å². The minimum atomic E-state index is -1.12. The summed E-state index contributed by atoms with van der Waals surface area (Å²) in [7, 11) is 0. The third-order valence-corrected chi connectivity index (χ3v) is 5.35. The van der Waals surface area contributed by atoms with Gasteiger partial charge in [-0.05, 0) is 42.5 Å². The normalized spacial score (nSPS) is 17.9. The molecule has 2 heterocycles. The first kappa shape index (κ1) is 22.6. The second kappa shape index (κ2) is 10.3. The molecule has 0 unspecified atom stereocenters. The molecule has 2 aliphatic rings. The second-order valence-corrected chi connectivity index (χ2v) is 7.58. The van der Waals surface area contributed by atoms with Gasteiger partial charge in [0, 0.05) is 13.1 Å². The van der Waals surface area contributed by atoms with E-state index in [0.717, 1.165) is 16.7 Å². The number of thioether (sulfide) groups is 1. The van der Waals surface area contributed by atoms with E-state index in [0.29, 0.717) is 44.2 Å². The molecule has 1 aromatic rings. The Balaban J connectivity index is 1.73. The molecule has 1 aromatic carbocycles. The SMILES string of the molecule is CCOc1cc(/C=C2\SC(=O)N(CC(=O)N3CCOCC3)C2=O)ccc1OCC(=O)O. The standard InChI is InChI=1S/C20H22N2O8S/c1-2-29-15-9-13(3-4-14(15)30-12-18(24)25)10-16-19(26)22(20(27)31-16)11-17(23)21-5-7-28-8-6-21/h3-4,9-10H,2,5-8,11-12H2,1H3,(H,24,25)/b16-10-. The highest BCUT2D eigenvalue weighted by Crippen LogP contribution is 2.34. The van der Waals surface area contributed by atoms with Gasteiger partial charge in [0.1, 0.15) is 6.54 Å². The van der Waals surface area contributed by atoms with Gasteiger partial charge in [-0.1, -0.05) is 6.07 Å². The Morgan fingerprint density at radius 2 is 1.94 bits per heavy atom. The van der Waals surface area contributed by atoms with Gasteiger partial charge in [0.05, 0.1) is 24.7 Å². The summed E-state index contributed by atoms with van der Waals surface area (Å²) in [6.45, 7) is 2.99. The summed E-state index contributed by atoms with van der Waals surface area (Å²) in [5, 5.41) is 8.27. The highest BCUT2D eigenvalue weighted by atomic mass is 32.2. The number of aliphatic carboxylic acids is 1. The second-order valence-electron chi connectivity index (χ2n) is 6.58. The van der Waals surface area contributed by atoms with Crippen molar-refractivity contribution in [3.8, 4) is 11.5 Å². The van der Waals surface area contributed by atoms with Crippen LogP contribution in [0.3, 0.4) is 0 Å². The highest BCUT2D eigenvalue weighted by Gasteiger charge is 2.37. The number of ether oxygens (including phenoxy) is 3. The Hall–Kier alpha value is -3.05. The van der Waals surface area contributed by atoms with Crippen molar-refractivity contribution in [2.45, 2.75) is 6.92 Å². The minimum Gasteiger partial charge on any atom is -0.490 e. The Labute approximate surface area is 182 Å². The molecule has 0 radical (unpaired) electrons. The van der Waals surface area contributed by atoms with Crippen molar-refractivity contribution in [2.24, 2.45) is 0 Å². The molecule has 11 heteroatoms. The molecular weight excluding hydrogens is 428 g/mol. The summed E-state index contributed by atoms with van der Waals surface area (Å²) in [5.41, 5.74) is 0.566. The Kier molecular flexibility index (Phi) is 7.53. The van der Waals surface area contributed by atoms with Gasteiger partial charge in [-0.2, -0.15) is 0 Å². The monoisotopic (exact) mass is 450 g/mol. The van der Waals surface area contributed by atoms with Crippen molar-refractivity contribution in [3.05, 3.63) is 28.7 Å². The van der Waals surface area contributed by atoms with Crippen LogP contribution in [0.1, 0.15) is 12.5 Å². The zero-order chi connectivity index (χ0) is 22.4. The lowest BCUT2D eigenvalue weighted by atomic mass is 10.2. The molecule has 0 aromatic heterocycles. The minimum absolute atomic E-state index is 0.182. The van der Waals surface area contributed by atoms with E-state index in [1.54, 1.807) is 24.0 Å². The summed E-state index contributed by atoms with van der Waals surface area (Å²) < 4.78 is 15.9. The Morgan fingerprint density at radius 1 is 1.19 bits per heavy atom. The third-order valence-electron chi connectivity index (χ3n) is 4.45. The summed E-state index contributed by atoms with van der Waals surface area (Å²) >= 11 is 0.756. The van der Waals surface area contributed by atoms with Crippen LogP contribution in [0.4, 0.5) is 4.79 Å². The number of nitrogens with zero attached hydrogens (tertiary/aromatic N) is 2. The predicted molar refractivity (Wildman–Crippen MR) is 111 cm³/mol. The lowest BCUT2D eigenvalue weighted by Crippen LogP contribution is -2.46. The van der Waals surface area contributed by atoms with E-state index in [-0.39, 0.29) is 23.1 Å². The molecule has 2 aliphatic heterocycles. The first-order chi connectivity index (χ1) is 14.9. The molecule has 166 valence electrons. The quantitative estimate of drug-likeness (QED) is 0.586. The van der Waals surface area contributed by atoms with E-state index >= 15 is 0 Å². The van der Waals surface area contributed by atoms with Crippen LogP contribution in [0.5, 0.6) is 11.5 Å². The number of imide groups is 1. The van der Waals surface area contributed by atoms with Crippen LogP contribution in [-0.4, -0.2) is 84.0 Å². The van der Waals surface area contributed by atoms with Crippen LogP contribution in [0.2, 0.25) is 0 Å². The fourth-order valence-corrected chi connectivity index (χ4v) is 3.82. The van der Waals surface area contributed by atoms with Crippen LogP contribution in [0.15, 0.2) is 23.1 Å². The molecule has 10 nitrogen and oxygen atoms in total. The van der Waals surface area contributed by atoms with Crippen molar-refractivity contribution in [1.29, 1.82) is 0 Å². The number of amides is 3. The fourth-order valence-electron chi connectivity index (χ4n) is 2.98. The average molecular weight is 450 g/mol. The number of rotatable bonds is 8. The highest BCUT2D eigenvalue weighted by molar-refractivity contribution is 8.18. The van der Waals surface area contributed by atoms with E-state index < -0.39 is 23.7 Å². The van der Waals surface area contributed by atoms with E-state index in [1.165, 1.54) is 12.1 Å². The van der Waals surface area contributed by atoms with Gasteiger partial charge in [0.2, 0.25) is 5.91 Å². The summed E-state index contributed by atoms with van der Waals surface area (Å²) in [6, 6.07) is 4.74. The van der Waals surface area contributed by atoms with Gasteiger partial charge in [-0.3, -0.25) is 19.3 Å². The topological polar surface area (TPSA) is 123 Å². The van der Waals surface area contributed by atoms with Crippen LogP contribution < -0.4 is 9.47 Å². The molecule has 0 bridgehead atoms. The van der Waals surface area contributed by atoms with Gasteiger partial charge in [-0.25, -0.2) is 4.79 Å². The van der Waals surface area contributed by atoms with Crippen molar-refractivity contribution in [3.63, 3.8) is 0 Å². The van der Waals surface area contributed by atoms with Crippen molar-refractivity contribution < 1.29 is 38.5 Å². The number of hydrogen-bond donors (Lipinski definition) is 1. The van der Waals surface area contributed by atoms with Crippen LogP contribution >= 0.6 is 11.8 Å². The molecule has 1 N–H and O–H groups in total. The zero-order valence-electron chi connectivity index (χ0n) is 16.9. The van der Waals surface area contributed by atoms with Crippen LogP contribution in [-0.2, 0) is 19.1 Å². The average Bonchev–Trinajstić information content (AvgIpc) is 3.01. The van der Waals surface area contributed by atoms with Crippen LogP contribution in [0, 0.1) is 0 Å². The Morgan fingerprint density at radius 3 is 2.61 bits per heavy atom. The molecule has 3 amide bonds. The number of carboxylic acid groups (broad SMARTS) is 1. The predicted octanol–water partition coefficient (Wildman–Crippen LogP) is 1.44. The molecule has 31 heavy (non-hydrogen) atoms. The molecule has 0 spiro atoms. The zero-order valence-corrected chi connectivity index (χ0v) is 17.7. The van der Waals surface area contributed by atoms with E-state index in [9.17, 15) is 19.2 Å².